The summed E-state index contributed by atoms with van der Waals surface area (Å²) in [6.45, 7) is 1.83. The van der Waals surface area contributed by atoms with Crippen LogP contribution in [0.25, 0.3) is 0 Å². The highest BCUT2D eigenvalue weighted by Crippen LogP contribution is 2.22. The topological polar surface area (TPSA) is 74.8 Å². The van der Waals surface area contributed by atoms with Gasteiger partial charge in [0.2, 0.25) is 11.8 Å². The Hall–Kier alpha value is -1.60. The van der Waals surface area contributed by atoms with Gasteiger partial charge in [-0.25, -0.2) is 8.42 Å². The lowest BCUT2D eigenvalue weighted by atomic mass is 10.1. The molecule has 6 nitrogen and oxygen atoms in total. The van der Waals surface area contributed by atoms with Crippen molar-refractivity contribution in [3.05, 3.63) is 34.9 Å². The zero-order valence-electron chi connectivity index (χ0n) is 13.9. The molecule has 0 radical (unpaired) electrons. The maximum absolute atomic E-state index is 12.4. The maximum Gasteiger partial charge on any atom is 0.227 e. The fraction of sp³-hybridized carbons (Fsp3) is 0.529. The number of carbonyl (C=O) groups excluding carboxylic acids is 2. The predicted octanol–water partition coefficient (Wildman–Crippen LogP) is 0.988. The highest BCUT2D eigenvalue weighted by molar-refractivity contribution is 7.91. The van der Waals surface area contributed by atoms with Crippen LogP contribution in [0.5, 0.6) is 0 Å². The molecule has 3 rings (SSSR count). The molecule has 0 bridgehead atoms. The van der Waals surface area contributed by atoms with Crippen molar-refractivity contribution in [3.63, 3.8) is 0 Å². The molecule has 1 aromatic carbocycles. The Labute approximate surface area is 152 Å². The summed E-state index contributed by atoms with van der Waals surface area (Å²) in [5, 5.41) is 0.576. The smallest absolute Gasteiger partial charge is 0.227 e. The van der Waals surface area contributed by atoms with Crippen molar-refractivity contribution < 1.29 is 18.0 Å². The van der Waals surface area contributed by atoms with E-state index in [9.17, 15) is 18.0 Å². The van der Waals surface area contributed by atoms with Gasteiger partial charge < -0.3 is 9.80 Å². The van der Waals surface area contributed by atoms with Gasteiger partial charge in [-0.15, -0.1) is 0 Å². The first-order valence-electron chi connectivity index (χ1n) is 8.36. The van der Waals surface area contributed by atoms with Crippen LogP contribution in [0.1, 0.15) is 12.0 Å². The summed E-state index contributed by atoms with van der Waals surface area (Å²) in [4.78, 5) is 28.3. The SMILES string of the molecule is O=C(Cc1ccccc1Cl)N1CCN(C(=O)C2CCS(=O)(=O)C2)CC1. The third-order valence-electron chi connectivity index (χ3n) is 4.83. The number of hydrogen-bond donors (Lipinski definition) is 0. The van der Waals surface area contributed by atoms with Crippen molar-refractivity contribution in [1.82, 2.24) is 9.80 Å². The zero-order chi connectivity index (χ0) is 18.0. The van der Waals surface area contributed by atoms with Crippen LogP contribution >= 0.6 is 11.6 Å². The summed E-state index contributed by atoms with van der Waals surface area (Å²) < 4.78 is 23.1. The largest absolute Gasteiger partial charge is 0.339 e. The van der Waals surface area contributed by atoms with E-state index >= 15 is 0 Å². The van der Waals surface area contributed by atoms with E-state index in [4.69, 9.17) is 11.6 Å². The fourth-order valence-corrected chi connectivity index (χ4v) is 5.28. The molecule has 8 heteroatoms. The van der Waals surface area contributed by atoms with Crippen LogP contribution in [0.2, 0.25) is 5.02 Å². The highest BCUT2D eigenvalue weighted by Gasteiger charge is 2.36. The molecule has 0 saturated carbocycles. The minimum Gasteiger partial charge on any atom is -0.339 e. The number of piperazine rings is 1. The van der Waals surface area contributed by atoms with Crippen molar-refractivity contribution in [2.75, 3.05) is 37.7 Å². The van der Waals surface area contributed by atoms with Crippen molar-refractivity contribution in [3.8, 4) is 0 Å². The van der Waals surface area contributed by atoms with Crippen LogP contribution in [-0.4, -0.2) is 67.7 Å². The van der Waals surface area contributed by atoms with Crippen molar-refractivity contribution in [2.24, 2.45) is 5.92 Å². The summed E-state index contributed by atoms with van der Waals surface area (Å²) >= 11 is 6.09. The number of amides is 2. The number of rotatable bonds is 3. The fourth-order valence-electron chi connectivity index (χ4n) is 3.34. The van der Waals surface area contributed by atoms with Gasteiger partial charge in [0, 0.05) is 31.2 Å². The van der Waals surface area contributed by atoms with E-state index in [0.717, 1.165) is 5.56 Å². The molecule has 2 saturated heterocycles. The summed E-state index contributed by atoms with van der Waals surface area (Å²) in [7, 11) is -3.07. The molecule has 2 amide bonds. The second-order valence-electron chi connectivity index (χ2n) is 6.57. The van der Waals surface area contributed by atoms with Crippen LogP contribution < -0.4 is 0 Å². The Morgan fingerprint density at radius 1 is 1.08 bits per heavy atom. The lowest BCUT2D eigenvalue weighted by molar-refractivity contribution is -0.141. The summed E-state index contributed by atoms with van der Waals surface area (Å²) in [6.07, 6.45) is 0.654. The van der Waals surface area contributed by atoms with Crippen molar-refractivity contribution >= 4 is 33.3 Å². The standard InChI is InChI=1S/C17H21ClN2O4S/c18-15-4-2-1-3-13(15)11-16(21)19-6-8-20(9-7-19)17(22)14-5-10-25(23,24)12-14/h1-4,14H,5-12H2. The predicted molar refractivity (Wildman–Crippen MR) is 95.1 cm³/mol. The van der Waals surface area contributed by atoms with Crippen molar-refractivity contribution in [1.29, 1.82) is 0 Å². The van der Waals surface area contributed by atoms with E-state index in [-0.39, 0.29) is 29.7 Å². The maximum atomic E-state index is 12.4. The number of nitrogens with zero attached hydrogens (tertiary/aromatic N) is 2. The number of benzene rings is 1. The molecule has 25 heavy (non-hydrogen) atoms. The Balaban J connectivity index is 1.52. The average Bonchev–Trinajstić information content (AvgIpc) is 2.96. The molecule has 1 atom stereocenters. The molecule has 136 valence electrons. The van der Waals surface area contributed by atoms with Gasteiger partial charge in [-0.3, -0.25) is 9.59 Å². The van der Waals surface area contributed by atoms with Gasteiger partial charge in [0.1, 0.15) is 0 Å². The number of sulfone groups is 1. The van der Waals surface area contributed by atoms with Gasteiger partial charge in [-0.05, 0) is 18.1 Å². The van der Waals surface area contributed by atoms with E-state index in [0.29, 0.717) is 37.6 Å². The van der Waals surface area contributed by atoms with E-state index in [1.165, 1.54) is 0 Å². The van der Waals surface area contributed by atoms with Gasteiger partial charge >= 0.3 is 0 Å². The van der Waals surface area contributed by atoms with E-state index in [2.05, 4.69) is 0 Å². The lowest BCUT2D eigenvalue weighted by Gasteiger charge is -2.36. The van der Waals surface area contributed by atoms with Crippen LogP contribution in [-0.2, 0) is 25.8 Å². The molecule has 0 aliphatic carbocycles. The van der Waals surface area contributed by atoms with Gasteiger partial charge in [-0.2, -0.15) is 0 Å². The molecule has 2 heterocycles. The van der Waals surface area contributed by atoms with Crippen molar-refractivity contribution in [2.45, 2.75) is 12.8 Å². The molecular formula is C17H21ClN2O4S. The molecule has 2 fully saturated rings. The number of carbonyl (C=O) groups is 2. The quantitative estimate of drug-likeness (QED) is 0.778. The summed E-state index contributed by atoms with van der Waals surface area (Å²) in [6, 6.07) is 7.27. The van der Waals surface area contributed by atoms with Crippen LogP contribution in [0.3, 0.4) is 0 Å². The first-order chi connectivity index (χ1) is 11.9. The second kappa shape index (κ2) is 7.33. The Morgan fingerprint density at radius 3 is 2.32 bits per heavy atom. The van der Waals surface area contributed by atoms with Crippen LogP contribution in [0.4, 0.5) is 0 Å². The van der Waals surface area contributed by atoms with Gasteiger partial charge in [0.15, 0.2) is 9.84 Å². The Kier molecular flexibility index (Phi) is 5.34. The van der Waals surface area contributed by atoms with E-state index in [1.807, 2.05) is 18.2 Å². The third-order valence-corrected chi connectivity index (χ3v) is 6.96. The van der Waals surface area contributed by atoms with E-state index < -0.39 is 15.8 Å². The molecule has 2 aliphatic heterocycles. The summed E-state index contributed by atoms with van der Waals surface area (Å²) in [5.74, 6) is -0.477. The molecular weight excluding hydrogens is 364 g/mol. The third kappa shape index (κ3) is 4.33. The molecule has 0 N–H and O–H groups in total. The lowest BCUT2D eigenvalue weighted by Crippen LogP contribution is -2.52. The van der Waals surface area contributed by atoms with Gasteiger partial charge in [-0.1, -0.05) is 29.8 Å². The molecule has 0 aromatic heterocycles. The number of hydrogen-bond acceptors (Lipinski definition) is 4. The average molecular weight is 385 g/mol. The monoisotopic (exact) mass is 384 g/mol. The minimum atomic E-state index is -3.07. The molecule has 0 spiro atoms. The first kappa shape index (κ1) is 18.2. The first-order valence-corrected chi connectivity index (χ1v) is 10.6. The Morgan fingerprint density at radius 2 is 1.72 bits per heavy atom. The molecule has 1 aromatic rings. The van der Waals surface area contributed by atoms with Gasteiger partial charge in [0.05, 0.1) is 23.8 Å². The van der Waals surface area contributed by atoms with Gasteiger partial charge in [0.25, 0.3) is 0 Å². The second-order valence-corrected chi connectivity index (χ2v) is 9.21. The summed E-state index contributed by atoms with van der Waals surface area (Å²) in [5.41, 5.74) is 0.795. The van der Waals surface area contributed by atoms with Crippen LogP contribution in [0.15, 0.2) is 24.3 Å². The van der Waals surface area contributed by atoms with E-state index in [1.54, 1.807) is 15.9 Å². The zero-order valence-corrected chi connectivity index (χ0v) is 15.4. The molecule has 1 unspecified atom stereocenters. The number of halogens is 1. The minimum absolute atomic E-state index is 0.0105. The normalized spacial score (nSPS) is 22.8. The molecule has 2 aliphatic rings. The Bertz CT molecular complexity index is 773. The van der Waals surface area contributed by atoms with Crippen LogP contribution in [0, 0.1) is 5.92 Å². The highest BCUT2D eigenvalue weighted by atomic mass is 35.5.